The van der Waals surface area contributed by atoms with Crippen molar-refractivity contribution in [2.45, 2.75) is 19.3 Å². The molecule has 4 nitrogen and oxygen atoms in total. The molecule has 0 bridgehead atoms. The number of nitrogens with zero attached hydrogens (tertiary/aromatic N) is 1. The van der Waals surface area contributed by atoms with Gasteiger partial charge in [-0.05, 0) is 18.6 Å². The summed E-state index contributed by atoms with van der Waals surface area (Å²) in [6, 6.07) is 7.64. The van der Waals surface area contributed by atoms with E-state index in [1.54, 1.807) is 7.11 Å². The number of aryl methyl sites for hydroxylation is 1. The van der Waals surface area contributed by atoms with E-state index in [0.29, 0.717) is 11.3 Å². The number of methoxy groups -OCH3 is 2. The van der Waals surface area contributed by atoms with Crippen LogP contribution in [0.3, 0.4) is 0 Å². The van der Waals surface area contributed by atoms with Crippen LogP contribution < -0.4 is 4.74 Å². The summed E-state index contributed by atoms with van der Waals surface area (Å²) >= 11 is 0. The number of carbonyl (C=O) groups is 1. The van der Waals surface area contributed by atoms with Gasteiger partial charge in [-0.1, -0.05) is 12.1 Å². The van der Waals surface area contributed by atoms with Gasteiger partial charge in [0.15, 0.2) is 0 Å². The number of carbonyl (C=O) groups excluding carboxylic acids is 1. The van der Waals surface area contributed by atoms with Crippen LogP contribution >= 0.6 is 0 Å². The van der Waals surface area contributed by atoms with Gasteiger partial charge in [0.2, 0.25) is 0 Å². The molecule has 1 rings (SSSR count). The number of rotatable bonds is 4. The summed E-state index contributed by atoms with van der Waals surface area (Å²) in [4.78, 5) is 11.2. The van der Waals surface area contributed by atoms with Gasteiger partial charge < -0.3 is 9.47 Å². The Bertz CT molecular complexity index is 448. The first-order chi connectivity index (χ1) is 8.12. The van der Waals surface area contributed by atoms with Crippen molar-refractivity contribution in [1.29, 1.82) is 5.26 Å². The average Bonchev–Trinajstić information content (AvgIpc) is 2.35. The highest BCUT2D eigenvalue weighted by Gasteiger charge is 2.19. The quantitative estimate of drug-likeness (QED) is 0.748. The molecular weight excluding hydrogens is 218 g/mol. The molecule has 1 unspecified atom stereocenters. The van der Waals surface area contributed by atoms with E-state index in [9.17, 15) is 4.79 Å². The second-order valence-corrected chi connectivity index (χ2v) is 3.71. The maximum Gasteiger partial charge on any atom is 0.307 e. The van der Waals surface area contributed by atoms with Crippen LogP contribution in [0.1, 0.15) is 23.5 Å². The predicted octanol–water partition coefficient (Wildman–Crippen LogP) is 2.17. The number of hydrogen-bond donors (Lipinski definition) is 0. The zero-order valence-electron chi connectivity index (χ0n) is 10.2. The van der Waals surface area contributed by atoms with E-state index in [1.165, 1.54) is 7.11 Å². The predicted molar refractivity (Wildman–Crippen MR) is 62.7 cm³/mol. The third-order valence-electron chi connectivity index (χ3n) is 2.52. The molecule has 0 amide bonds. The maximum atomic E-state index is 11.2. The van der Waals surface area contributed by atoms with Gasteiger partial charge in [-0.3, -0.25) is 4.79 Å². The summed E-state index contributed by atoms with van der Waals surface area (Å²) in [6.45, 7) is 1.94. The smallest absolute Gasteiger partial charge is 0.307 e. The molecular formula is C13H15NO3. The van der Waals surface area contributed by atoms with Gasteiger partial charge in [-0.25, -0.2) is 0 Å². The summed E-state index contributed by atoms with van der Waals surface area (Å²) in [5.74, 6) is -0.322. The summed E-state index contributed by atoms with van der Waals surface area (Å²) in [6.07, 6.45) is 0.0341. The largest absolute Gasteiger partial charge is 0.496 e. The van der Waals surface area contributed by atoms with Gasteiger partial charge in [-0.15, -0.1) is 0 Å². The number of esters is 1. The highest BCUT2D eigenvalue weighted by Crippen LogP contribution is 2.29. The molecule has 0 aliphatic rings. The molecule has 1 atom stereocenters. The molecule has 0 aliphatic carbocycles. The highest BCUT2D eigenvalue weighted by atomic mass is 16.5. The van der Waals surface area contributed by atoms with Crippen LogP contribution in [0, 0.1) is 18.3 Å². The molecule has 0 aromatic heterocycles. The van der Waals surface area contributed by atoms with Crippen molar-refractivity contribution in [2.75, 3.05) is 14.2 Å². The molecule has 90 valence electrons. The first-order valence-corrected chi connectivity index (χ1v) is 5.23. The fourth-order valence-corrected chi connectivity index (χ4v) is 1.58. The number of nitriles is 1. The zero-order valence-corrected chi connectivity index (χ0v) is 10.2. The van der Waals surface area contributed by atoms with Crippen molar-refractivity contribution in [1.82, 2.24) is 0 Å². The van der Waals surface area contributed by atoms with Gasteiger partial charge in [0.05, 0.1) is 32.6 Å². The molecule has 1 aromatic carbocycles. The Labute approximate surface area is 101 Å². The third-order valence-corrected chi connectivity index (χ3v) is 2.52. The van der Waals surface area contributed by atoms with E-state index in [-0.39, 0.29) is 6.42 Å². The summed E-state index contributed by atoms with van der Waals surface area (Å²) in [7, 11) is 2.86. The Hall–Kier alpha value is -2.02. The van der Waals surface area contributed by atoms with Crippen LogP contribution in [-0.2, 0) is 9.53 Å². The van der Waals surface area contributed by atoms with Gasteiger partial charge in [0.1, 0.15) is 5.75 Å². The summed E-state index contributed by atoms with van der Waals surface area (Å²) in [5, 5.41) is 9.10. The second kappa shape index (κ2) is 5.90. The molecule has 0 saturated carbocycles. The maximum absolute atomic E-state index is 11.2. The molecule has 0 heterocycles. The zero-order chi connectivity index (χ0) is 12.8. The van der Waals surface area contributed by atoms with Crippen molar-refractivity contribution >= 4 is 5.97 Å². The molecule has 0 aliphatic heterocycles. The summed E-state index contributed by atoms with van der Waals surface area (Å²) < 4.78 is 9.79. The molecule has 4 heteroatoms. The number of benzene rings is 1. The Morgan fingerprint density at radius 2 is 2.18 bits per heavy atom. The standard InChI is InChI=1S/C13H15NO3/c1-9-4-5-11(12(6-9)16-2)10(8-14)7-13(15)17-3/h4-6,10H,7H2,1-3H3. The SMILES string of the molecule is COC(=O)CC(C#N)c1ccc(C)cc1OC. The molecule has 0 spiro atoms. The minimum atomic E-state index is -0.544. The van der Waals surface area contributed by atoms with Crippen LogP contribution in [0.4, 0.5) is 0 Å². The van der Waals surface area contributed by atoms with E-state index in [0.717, 1.165) is 5.56 Å². The Balaban J connectivity index is 3.04. The molecule has 17 heavy (non-hydrogen) atoms. The minimum Gasteiger partial charge on any atom is -0.496 e. The fraction of sp³-hybridized carbons (Fsp3) is 0.385. The average molecular weight is 233 g/mol. The van der Waals surface area contributed by atoms with Gasteiger partial charge in [0.25, 0.3) is 0 Å². The lowest BCUT2D eigenvalue weighted by Crippen LogP contribution is -2.08. The molecule has 0 radical (unpaired) electrons. The fourth-order valence-electron chi connectivity index (χ4n) is 1.58. The lowest BCUT2D eigenvalue weighted by Gasteiger charge is -2.13. The van der Waals surface area contributed by atoms with Crippen molar-refractivity contribution < 1.29 is 14.3 Å². The van der Waals surface area contributed by atoms with Gasteiger partial charge in [0, 0.05) is 5.56 Å². The highest BCUT2D eigenvalue weighted by molar-refractivity contribution is 5.71. The second-order valence-electron chi connectivity index (χ2n) is 3.71. The molecule has 0 fully saturated rings. The van der Waals surface area contributed by atoms with Crippen LogP contribution in [-0.4, -0.2) is 20.2 Å². The van der Waals surface area contributed by atoms with E-state index < -0.39 is 11.9 Å². The van der Waals surface area contributed by atoms with Crippen LogP contribution in [0.25, 0.3) is 0 Å². The lowest BCUT2D eigenvalue weighted by atomic mass is 9.95. The Morgan fingerprint density at radius 1 is 1.47 bits per heavy atom. The van der Waals surface area contributed by atoms with Crippen molar-refractivity contribution in [3.63, 3.8) is 0 Å². The Kier molecular flexibility index (Phi) is 4.53. The van der Waals surface area contributed by atoms with Crippen molar-refractivity contribution in [2.24, 2.45) is 0 Å². The van der Waals surface area contributed by atoms with Crippen molar-refractivity contribution in [3.8, 4) is 11.8 Å². The van der Waals surface area contributed by atoms with E-state index in [4.69, 9.17) is 10.00 Å². The minimum absolute atomic E-state index is 0.0341. The topological polar surface area (TPSA) is 59.3 Å². The van der Waals surface area contributed by atoms with Gasteiger partial charge >= 0.3 is 5.97 Å². The van der Waals surface area contributed by atoms with Crippen molar-refractivity contribution in [3.05, 3.63) is 29.3 Å². The van der Waals surface area contributed by atoms with Crippen LogP contribution in [0.5, 0.6) is 5.75 Å². The lowest BCUT2D eigenvalue weighted by molar-refractivity contribution is -0.140. The molecule has 0 saturated heterocycles. The first-order valence-electron chi connectivity index (χ1n) is 5.23. The monoisotopic (exact) mass is 233 g/mol. The normalized spacial score (nSPS) is 11.4. The van der Waals surface area contributed by atoms with Crippen LogP contribution in [0.2, 0.25) is 0 Å². The van der Waals surface area contributed by atoms with Crippen LogP contribution in [0.15, 0.2) is 18.2 Å². The van der Waals surface area contributed by atoms with E-state index in [1.807, 2.05) is 25.1 Å². The van der Waals surface area contributed by atoms with Gasteiger partial charge in [-0.2, -0.15) is 5.26 Å². The third kappa shape index (κ3) is 3.22. The number of ether oxygens (including phenoxy) is 2. The van der Waals surface area contributed by atoms with E-state index >= 15 is 0 Å². The summed E-state index contributed by atoms with van der Waals surface area (Å²) in [5.41, 5.74) is 1.76. The Morgan fingerprint density at radius 3 is 2.71 bits per heavy atom. The number of hydrogen-bond acceptors (Lipinski definition) is 4. The van der Waals surface area contributed by atoms with E-state index in [2.05, 4.69) is 10.8 Å². The first kappa shape index (κ1) is 13.0. The molecule has 1 aromatic rings. The molecule has 0 N–H and O–H groups in total.